The molecule has 0 aliphatic carbocycles. The van der Waals surface area contributed by atoms with E-state index in [0.717, 1.165) is 4.57 Å². The van der Waals surface area contributed by atoms with E-state index in [1.807, 2.05) is 0 Å². The Morgan fingerprint density at radius 2 is 1.97 bits per heavy atom. The average Bonchev–Trinajstić information content (AvgIpc) is 3.01. The number of alkyl halides is 3. The topological polar surface area (TPSA) is 79.5 Å². The molecule has 29 heavy (non-hydrogen) atoms. The summed E-state index contributed by atoms with van der Waals surface area (Å²) in [7, 11) is 0. The molecule has 3 rings (SSSR count). The van der Waals surface area contributed by atoms with E-state index in [-0.39, 0.29) is 38.1 Å². The number of benzene rings is 2. The Hall–Kier alpha value is -2.78. The van der Waals surface area contributed by atoms with Crippen LogP contribution in [0.15, 0.2) is 41.5 Å². The van der Waals surface area contributed by atoms with Gasteiger partial charge in [-0.2, -0.15) is 18.3 Å². The summed E-state index contributed by atoms with van der Waals surface area (Å²) in [6.45, 7) is 0.810. The van der Waals surface area contributed by atoms with Crippen molar-refractivity contribution < 1.29 is 23.1 Å². The number of nitrogens with zero attached hydrogens (tertiary/aromatic N) is 3. The smallest absolute Gasteiger partial charge is 0.449 e. The highest BCUT2D eigenvalue weighted by atomic mass is 35.5. The molecule has 0 unspecified atom stereocenters. The highest BCUT2D eigenvalue weighted by Crippen LogP contribution is 2.32. The van der Waals surface area contributed by atoms with E-state index in [4.69, 9.17) is 23.2 Å². The van der Waals surface area contributed by atoms with Crippen LogP contribution in [0.1, 0.15) is 18.3 Å². The van der Waals surface area contributed by atoms with Gasteiger partial charge in [-0.15, -0.1) is 0 Å². The van der Waals surface area contributed by atoms with E-state index in [1.165, 1.54) is 31.2 Å². The number of hydrogen-bond donors (Lipinski definition) is 2. The third-order valence-electron chi connectivity index (χ3n) is 3.98. The quantitative estimate of drug-likeness (QED) is 0.455. The van der Waals surface area contributed by atoms with Crippen molar-refractivity contribution in [2.24, 2.45) is 5.10 Å². The van der Waals surface area contributed by atoms with Gasteiger partial charge in [0, 0.05) is 10.6 Å². The van der Waals surface area contributed by atoms with Crippen molar-refractivity contribution >= 4 is 45.9 Å². The largest absolute Gasteiger partial charge is 0.506 e. The maximum atomic E-state index is 13.3. The Balaban J connectivity index is 1.86. The van der Waals surface area contributed by atoms with Crippen molar-refractivity contribution in [3.63, 3.8) is 0 Å². The molecule has 0 aliphatic rings. The number of imidazole rings is 1. The first kappa shape index (κ1) is 20.9. The number of carbonyl (C=O) groups excluding carboxylic acids is 1. The van der Waals surface area contributed by atoms with E-state index < -0.39 is 24.5 Å². The Morgan fingerprint density at radius 1 is 1.28 bits per heavy atom. The number of hydrogen-bond acceptors (Lipinski definition) is 4. The molecule has 0 fully saturated rings. The van der Waals surface area contributed by atoms with E-state index in [1.54, 1.807) is 12.1 Å². The number of hydrazone groups is 1. The average molecular weight is 445 g/mol. The van der Waals surface area contributed by atoms with Crippen LogP contribution >= 0.6 is 23.2 Å². The van der Waals surface area contributed by atoms with Crippen LogP contribution in [0.3, 0.4) is 0 Å². The normalized spacial score (nSPS) is 12.4. The summed E-state index contributed by atoms with van der Waals surface area (Å²) >= 11 is 11.7. The van der Waals surface area contributed by atoms with Crippen molar-refractivity contribution in [1.29, 1.82) is 0 Å². The Labute approximate surface area is 172 Å². The highest BCUT2D eigenvalue weighted by Gasteiger charge is 2.38. The molecular weight excluding hydrogens is 432 g/mol. The van der Waals surface area contributed by atoms with E-state index >= 15 is 0 Å². The zero-order chi connectivity index (χ0) is 21.3. The second-order valence-corrected chi connectivity index (χ2v) is 6.87. The van der Waals surface area contributed by atoms with Gasteiger partial charge >= 0.3 is 6.18 Å². The van der Waals surface area contributed by atoms with Crippen LogP contribution in [0.5, 0.6) is 5.75 Å². The number of phenolic OH excluding ortho intramolecular Hbond substituents is 1. The summed E-state index contributed by atoms with van der Waals surface area (Å²) < 4.78 is 40.7. The van der Waals surface area contributed by atoms with Gasteiger partial charge in [0.15, 0.2) is 0 Å². The van der Waals surface area contributed by atoms with Gasteiger partial charge in [-0.25, -0.2) is 10.4 Å². The number of nitrogens with one attached hydrogen (secondary N) is 1. The zero-order valence-electron chi connectivity index (χ0n) is 14.8. The van der Waals surface area contributed by atoms with Crippen molar-refractivity contribution in [3.8, 4) is 5.75 Å². The van der Waals surface area contributed by atoms with Crippen LogP contribution in [-0.2, 0) is 17.5 Å². The first-order chi connectivity index (χ1) is 13.6. The molecular formula is C18H13Cl2F3N4O2. The third kappa shape index (κ3) is 4.46. The molecule has 2 N–H and O–H groups in total. The SMILES string of the molecule is CC(=NNC(=O)Cn1c(C(F)(F)F)nc2ccccc21)c1cc(Cl)cc(Cl)c1O. The summed E-state index contributed by atoms with van der Waals surface area (Å²) in [6.07, 6.45) is -4.73. The Kier molecular flexibility index (Phi) is 5.72. The van der Waals surface area contributed by atoms with Gasteiger partial charge in [0.05, 0.1) is 21.8 Å². The second-order valence-electron chi connectivity index (χ2n) is 6.02. The van der Waals surface area contributed by atoms with Crippen LogP contribution in [0, 0.1) is 0 Å². The number of carbonyl (C=O) groups is 1. The summed E-state index contributed by atoms with van der Waals surface area (Å²) in [4.78, 5) is 15.8. The number of amides is 1. The van der Waals surface area contributed by atoms with Gasteiger partial charge in [0.25, 0.3) is 5.91 Å². The highest BCUT2D eigenvalue weighted by molar-refractivity contribution is 6.36. The second kappa shape index (κ2) is 7.92. The molecule has 1 amide bonds. The van der Waals surface area contributed by atoms with E-state index in [2.05, 4.69) is 15.5 Å². The van der Waals surface area contributed by atoms with Gasteiger partial charge in [0.1, 0.15) is 12.3 Å². The molecule has 0 spiro atoms. The lowest BCUT2D eigenvalue weighted by Crippen LogP contribution is -2.27. The lowest BCUT2D eigenvalue weighted by Gasteiger charge is -2.11. The molecule has 1 heterocycles. The van der Waals surface area contributed by atoms with Gasteiger partial charge in [-0.3, -0.25) is 4.79 Å². The van der Waals surface area contributed by atoms with Crippen LogP contribution in [0.4, 0.5) is 13.2 Å². The third-order valence-corrected chi connectivity index (χ3v) is 4.48. The molecule has 1 aromatic heterocycles. The summed E-state index contributed by atoms with van der Waals surface area (Å²) in [5.41, 5.74) is 2.78. The molecule has 11 heteroatoms. The fourth-order valence-corrected chi connectivity index (χ4v) is 3.17. The first-order valence-electron chi connectivity index (χ1n) is 8.12. The minimum atomic E-state index is -4.73. The lowest BCUT2D eigenvalue weighted by molar-refractivity contribution is -0.147. The van der Waals surface area contributed by atoms with E-state index in [0.29, 0.717) is 0 Å². The predicted molar refractivity (Wildman–Crippen MR) is 103 cm³/mol. The van der Waals surface area contributed by atoms with Crippen molar-refractivity contribution in [1.82, 2.24) is 15.0 Å². The molecule has 0 aliphatic heterocycles. The molecule has 0 atom stereocenters. The Bertz CT molecular complexity index is 1130. The number of phenols is 1. The van der Waals surface area contributed by atoms with Crippen LogP contribution in [0.25, 0.3) is 11.0 Å². The fourth-order valence-electron chi connectivity index (χ4n) is 2.68. The monoisotopic (exact) mass is 444 g/mol. The molecule has 0 saturated heterocycles. The minimum Gasteiger partial charge on any atom is -0.506 e. The van der Waals surface area contributed by atoms with Crippen LogP contribution in [0.2, 0.25) is 10.0 Å². The zero-order valence-corrected chi connectivity index (χ0v) is 16.3. The first-order valence-corrected chi connectivity index (χ1v) is 8.87. The number of fused-ring (bicyclic) bond motifs is 1. The maximum absolute atomic E-state index is 13.3. The minimum absolute atomic E-state index is 0.00641. The summed E-state index contributed by atoms with van der Waals surface area (Å²) in [5, 5.41) is 14.0. The summed E-state index contributed by atoms with van der Waals surface area (Å²) in [6, 6.07) is 8.68. The molecule has 2 aromatic carbocycles. The van der Waals surface area contributed by atoms with Crippen molar-refractivity contribution in [2.75, 3.05) is 0 Å². The molecule has 0 saturated carbocycles. The maximum Gasteiger partial charge on any atom is 0.449 e. The summed E-state index contributed by atoms with van der Waals surface area (Å²) in [5.74, 6) is -2.29. The van der Waals surface area contributed by atoms with Gasteiger partial charge in [-0.1, -0.05) is 35.3 Å². The number of aromatic nitrogens is 2. The van der Waals surface area contributed by atoms with E-state index in [9.17, 15) is 23.1 Å². The van der Waals surface area contributed by atoms with Crippen molar-refractivity contribution in [3.05, 3.63) is 57.8 Å². The van der Waals surface area contributed by atoms with Gasteiger partial charge < -0.3 is 9.67 Å². The molecule has 3 aromatic rings. The standard InChI is InChI=1S/C18H13Cl2F3N4O2/c1-9(11-6-10(19)7-12(20)16(11)29)25-26-15(28)8-27-14-5-3-2-4-13(14)24-17(27)18(21,22)23/h2-7,29H,8H2,1H3,(H,26,28). The number of rotatable bonds is 4. The molecule has 152 valence electrons. The van der Waals surface area contributed by atoms with Crippen LogP contribution < -0.4 is 5.43 Å². The lowest BCUT2D eigenvalue weighted by atomic mass is 10.1. The molecule has 6 nitrogen and oxygen atoms in total. The Morgan fingerprint density at radius 3 is 2.66 bits per heavy atom. The van der Waals surface area contributed by atoms with Crippen LogP contribution in [-0.4, -0.2) is 26.3 Å². The fraction of sp³-hybridized carbons (Fsp3) is 0.167. The number of halogens is 5. The molecule has 0 radical (unpaired) electrons. The van der Waals surface area contributed by atoms with Crippen molar-refractivity contribution in [2.45, 2.75) is 19.6 Å². The predicted octanol–water partition coefficient (Wildman–Crippen LogP) is 4.61. The van der Waals surface area contributed by atoms with Gasteiger partial charge in [-0.05, 0) is 31.2 Å². The number of aromatic hydroxyl groups is 1. The molecule has 0 bridgehead atoms. The van der Waals surface area contributed by atoms with Gasteiger partial charge in [0.2, 0.25) is 5.82 Å². The number of para-hydroxylation sites is 2.